The van der Waals surface area contributed by atoms with Gasteiger partial charge in [-0.05, 0) is 49.5 Å². The van der Waals surface area contributed by atoms with E-state index in [0.717, 1.165) is 42.6 Å². The van der Waals surface area contributed by atoms with Crippen LogP contribution < -0.4 is 5.73 Å². The molecule has 4 nitrogen and oxygen atoms in total. The summed E-state index contributed by atoms with van der Waals surface area (Å²) in [5.41, 5.74) is 6.58. The van der Waals surface area contributed by atoms with Crippen molar-refractivity contribution in [2.75, 3.05) is 26.8 Å². The van der Waals surface area contributed by atoms with Crippen LogP contribution in [0.4, 0.5) is 0 Å². The van der Waals surface area contributed by atoms with Crippen molar-refractivity contribution < 1.29 is 9.53 Å². The molecule has 5 heteroatoms. The molecule has 1 aliphatic rings. The van der Waals surface area contributed by atoms with Gasteiger partial charge in [0.05, 0.1) is 0 Å². The first-order valence-corrected chi connectivity index (χ1v) is 7.69. The maximum atomic E-state index is 11.9. The summed E-state index contributed by atoms with van der Waals surface area (Å²) in [7, 11) is 1.74. The Bertz CT molecular complexity index is 459. The highest BCUT2D eigenvalue weighted by Crippen LogP contribution is 2.28. The molecular formula is C15H21BrN2O2. The van der Waals surface area contributed by atoms with E-state index in [1.807, 2.05) is 24.3 Å². The fourth-order valence-electron chi connectivity index (χ4n) is 2.85. The van der Waals surface area contributed by atoms with E-state index < -0.39 is 0 Å². The van der Waals surface area contributed by atoms with Gasteiger partial charge in [0.1, 0.15) is 6.04 Å². The molecule has 1 atom stereocenters. The number of carbonyl (C=O) groups excluding carboxylic acids is 1. The van der Waals surface area contributed by atoms with Gasteiger partial charge in [-0.3, -0.25) is 9.69 Å². The number of rotatable bonds is 5. The lowest BCUT2D eigenvalue weighted by atomic mass is 9.94. The molecule has 110 valence electrons. The maximum Gasteiger partial charge on any atom is 0.239 e. The predicted molar refractivity (Wildman–Crippen MR) is 82.3 cm³/mol. The van der Waals surface area contributed by atoms with Crippen molar-refractivity contribution in [1.29, 1.82) is 0 Å². The predicted octanol–water partition coefficient (Wildman–Crippen LogP) is 2.33. The molecule has 1 aromatic carbocycles. The summed E-state index contributed by atoms with van der Waals surface area (Å²) in [5.74, 6) is 0.306. The van der Waals surface area contributed by atoms with Gasteiger partial charge in [0.15, 0.2) is 0 Å². The van der Waals surface area contributed by atoms with Gasteiger partial charge in [-0.25, -0.2) is 0 Å². The summed E-state index contributed by atoms with van der Waals surface area (Å²) in [6.07, 6.45) is 2.09. The molecule has 0 aromatic heterocycles. The molecule has 1 aromatic rings. The molecule has 1 amide bonds. The number of methoxy groups -OCH3 is 1. The van der Waals surface area contributed by atoms with Crippen LogP contribution in [-0.2, 0) is 9.53 Å². The van der Waals surface area contributed by atoms with Crippen molar-refractivity contribution in [3.63, 3.8) is 0 Å². The zero-order valence-corrected chi connectivity index (χ0v) is 13.3. The highest BCUT2D eigenvalue weighted by molar-refractivity contribution is 9.10. The number of ether oxygens (including phenoxy) is 1. The quantitative estimate of drug-likeness (QED) is 0.894. The molecule has 0 aliphatic carbocycles. The monoisotopic (exact) mass is 340 g/mol. The van der Waals surface area contributed by atoms with Crippen LogP contribution in [0.5, 0.6) is 0 Å². The van der Waals surface area contributed by atoms with Crippen molar-refractivity contribution in [3.05, 3.63) is 34.3 Å². The Morgan fingerprint density at radius 1 is 1.50 bits per heavy atom. The van der Waals surface area contributed by atoms with E-state index in [-0.39, 0.29) is 11.9 Å². The minimum atomic E-state index is -0.337. The second kappa shape index (κ2) is 7.20. The lowest BCUT2D eigenvalue weighted by Crippen LogP contribution is -2.43. The number of amides is 1. The second-order valence-electron chi connectivity index (χ2n) is 5.29. The summed E-state index contributed by atoms with van der Waals surface area (Å²) in [4.78, 5) is 14.0. The zero-order valence-electron chi connectivity index (χ0n) is 11.7. The summed E-state index contributed by atoms with van der Waals surface area (Å²) in [6, 6.07) is 7.48. The number of hydrogen-bond donors (Lipinski definition) is 1. The van der Waals surface area contributed by atoms with Gasteiger partial charge in [-0.15, -0.1) is 0 Å². The Morgan fingerprint density at radius 3 is 2.75 bits per heavy atom. The van der Waals surface area contributed by atoms with Crippen LogP contribution in [-0.4, -0.2) is 37.6 Å². The van der Waals surface area contributed by atoms with Gasteiger partial charge in [0.2, 0.25) is 5.91 Å². The third-order valence-corrected chi connectivity index (χ3v) is 4.34. The molecule has 0 radical (unpaired) electrons. The van der Waals surface area contributed by atoms with Crippen molar-refractivity contribution >= 4 is 21.8 Å². The Hall–Kier alpha value is -0.910. The number of likely N-dealkylation sites (tertiary alicyclic amines) is 1. The van der Waals surface area contributed by atoms with Gasteiger partial charge < -0.3 is 10.5 Å². The fraction of sp³-hybridized carbons (Fsp3) is 0.533. The van der Waals surface area contributed by atoms with Crippen LogP contribution in [0.2, 0.25) is 0 Å². The molecule has 1 heterocycles. The van der Waals surface area contributed by atoms with Crippen LogP contribution in [0.15, 0.2) is 28.7 Å². The van der Waals surface area contributed by atoms with Gasteiger partial charge in [0, 0.05) is 18.2 Å². The summed E-state index contributed by atoms with van der Waals surface area (Å²) >= 11 is 3.45. The highest BCUT2D eigenvalue weighted by atomic mass is 79.9. The fourth-order valence-corrected chi connectivity index (χ4v) is 3.26. The molecular weight excluding hydrogens is 320 g/mol. The molecule has 2 N–H and O–H groups in total. The lowest BCUT2D eigenvalue weighted by Gasteiger charge is -2.36. The molecule has 0 spiro atoms. The number of primary amides is 1. The number of nitrogens with zero attached hydrogens (tertiary/aromatic N) is 1. The number of hydrogen-bond acceptors (Lipinski definition) is 3. The molecule has 1 saturated heterocycles. The number of piperidine rings is 1. The van der Waals surface area contributed by atoms with E-state index in [1.54, 1.807) is 7.11 Å². The normalized spacial score (nSPS) is 18.9. The largest absolute Gasteiger partial charge is 0.384 e. The van der Waals surface area contributed by atoms with Crippen molar-refractivity contribution in [2.45, 2.75) is 18.9 Å². The van der Waals surface area contributed by atoms with Crippen LogP contribution >= 0.6 is 15.9 Å². The first-order chi connectivity index (χ1) is 9.61. The first-order valence-electron chi connectivity index (χ1n) is 6.89. The molecule has 0 saturated carbocycles. The van der Waals surface area contributed by atoms with Gasteiger partial charge >= 0.3 is 0 Å². The summed E-state index contributed by atoms with van der Waals surface area (Å²) in [6.45, 7) is 2.56. The Kier molecular flexibility index (Phi) is 5.57. The third kappa shape index (κ3) is 3.81. The summed E-state index contributed by atoms with van der Waals surface area (Å²) in [5, 5.41) is 0. The Morgan fingerprint density at radius 2 is 2.20 bits per heavy atom. The molecule has 1 unspecified atom stereocenters. The number of carbonyl (C=O) groups is 1. The standard InChI is InChI=1S/C15H21BrN2O2/c1-20-10-11-5-7-18(8-6-11)14(15(17)19)12-3-2-4-13(16)9-12/h2-4,9,11,14H,5-8,10H2,1H3,(H2,17,19). The van der Waals surface area contributed by atoms with Crippen molar-refractivity contribution in [2.24, 2.45) is 11.7 Å². The maximum absolute atomic E-state index is 11.9. The van der Waals surface area contributed by atoms with E-state index >= 15 is 0 Å². The molecule has 1 aliphatic heterocycles. The first kappa shape index (κ1) is 15.5. The third-order valence-electron chi connectivity index (χ3n) is 3.85. The minimum absolute atomic E-state index is 0.284. The SMILES string of the molecule is COCC1CCN(C(C(N)=O)c2cccc(Br)c2)CC1. The van der Waals surface area contributed by atoms with E-state index in [2.05, 4.69) is 20.8 Å². The summed E-state index contributed by atoms with van der Waals surface area (Å²) < 4.78 is 6.18. The average Bonchev–Trinajstić information content (AvgIpc) is 2.41. The molecule has 0 bridgehead atoms. The van der Waals surface area contributed by atoms with Gasteiger partial charge in [0.25, 0.3) is 0 Å². The van der Waals surface area contributed by atoms with Crippen LogP contribution in [0.25, 0.3) is 0 Å². The zero-order chi connectivity index (χ0) is 14.5. The number of halogens is 1. The Labute approximate surface area is 128 Å². The van der Waals surface area contributed by atoms with E-state index in [9.17, 15) is 4.79 Å². The second-order valence-corrected chi connectivity index (χ2v) is 6.21. The molecule has 1 fully saturated rings. The molecule has 2 rings (SSSR count). The number of benzene rings is 1. The Balaban J connectivity index is 2.09. The smallest absolute Gasteiger partial charge is 0.239 e. The van der Waals surface area contributed by atoms with E-state index in [0.29, 0.717) is 5.92 Å². The van der Waals surface area contributed by atoms with Gasteiger partial charge in [-0.2, -0.15) is 0 Å². The average molecular weight is 341 g/mol. The van der Waals surface area contributed by atoms with Crippen LogP contribution in [0.3, 0.4) is 0 Å². The van der Waals surface area contributed by atoms with Crippen molar-refractivity contribution in [1.82, 2.24) is 4.90 Å². The minimum Gasteiger partial charge on any atom is -0.384 e. The highest BCUT2D eigenvalue weighted by Gasteiger charge is 2.29. The van der Waals surface area contributed by atoms with Crippen LogP contribution in [0, 0.1) is 5.92 Å². The number of nitrogens with two attached hydrogens (primary N) is 1. The van der Waals surface area contributed by atoms with E-state index in [1.165, 1.54) is 0 Å². The lowest BCUT2D eigenvalue weighted by molar-refractivity contribution is -0.124. The van der Waals surface area contributed by atoms with E-state index in [4.69, 9.17) is 10.5 Å². The van der Waals surface area contributed by atoms with Crippen molar-refractivity contribution in [3.8, 4) is 0 Å². The topological polar surface area (TPSA) is 55.6 Å². The molecule has 20 heavy (non-hydrogen) atoms. The van der Waals surface area contributed by atoms with Gasteiger partial charge in [-0.1, -0.05) is 28.1 Å². The van der Waals surface area contributed by atoms with Crippen LogP contribution in [0.1, 0.15) is 24.4 Å².